The van der Waals surface area contributed by atoms with E-state index in [2.05, 4.69) is 24.0 Å². The first kappa shape index (κ1) is 20.0. The summed E-state index contributed by atoms with van der Waals surface area (Å²) in [6.45, 7) is 5.98. The highest BCUT2D eigenvalue weighted by molar-refractivity contribution is 7.15. The lowest BCUT2D eigenvalue weighted by molar-refractivity contribution is -0.132. The second-order valence-electron chi connectivity index (χ2n) is 7.46. The van der Waals surface area contributed by atoms with E-state index < -0.39 is 17.7 Å². The normalized spacial score (nSPS) is 18.4. The van der Waals surface area contributed by atoms with Gasteiger partial charge < -0.3 is 5.11 Å². The van der Waals surface area contributed by atoms with Gasteiger partial charge in [-0.3, -0.25) is 14.5 Å². The Kier molecular flexibility index (Phi) is 5.22. The van der Waals surface area contributed by atoms with Crippen LogP contribution in [0.1, 0.15) is 47.5 Å². The van der Waals surface area contributed by atoms with Gasteiger partial charge in [0.1, 0.15) is 10.8 Å². The number of carbonyl (C=O) groups excluding carboxylic acids is 2. The zero-order chi connectivity index (χ0) is 21.4. The highest BCUT2D eigenvalue weighted by Crippen LogP contribution is 2.43. The topological polar surface area (TPSA) is 83.4 Å². The highest BCUT2D eigenvalue weighted by Gasteiger charge is 2.48. The molecule has 1 fully saturated rings. The van der Waals surface area contributed by atoms with Crippen molar-refractivity contribution in [2.24, 2.45) is 0 Å². The van der Waals surface area contributed by atoms with Gasteiger partial charge in [0.05, 0.1) is 11.6 Å². The van der Waals surface area contributed by atoms with Crippen molar-refractivity contribution in [3.05, 3.63) is 81.9 Å². The molecule has 152 valence electrons. The first-order valence-corrected chi connectivity index (χ1v) is 10.5. The Morgan fingerprint density at radius 3 is 2.27 bits per heavy atom. The molecule has 3 aromatic rings. The van der Waals surface area contributed by atoms with Crippen molar-refractivity contribution in [2.75, 3.05) is 4.90 Å². The lowest BCUT2D eigenvalue weighted by atomic mass is 9.93. The zero-order valence-corrected chi connectivity index (χ0v) is 17.7. The van der Waals surface area contributed by atoms with Crippen molar-refractivity contribution in [2.45, 2.75) is 32.7 Å². The third-order valence-corrected chi connectivity index (χ3v) is 5.97. The van der Waals surface area contributed by atoms with E-state index in [1.54, 1.807) is 31.2 Å². The average Bonchev–Trinajstić information content (AvgIpc) is 3.29. The van der Waals surface area contributed by atoms with Gasteiger partial charge in [0.2, 0.25) is 5.13 Å². The van der Waals surface area contributed by atoms with E-state index in [0.29, 0.717) is 21.6 Å². The van der Waals surface area contributed by atoms with Crippen molar-refractivity contribution in [1.29, 1.82) is 0 Å². The molecule has 1 amide bonds. The number of anilines is 1. The first-order valence-electron chi connectivity index (χ1n) is 9.65. The van der Waals surface area contributed by atoms with Crippen molar-refractivity contribution in [1.82, 2.24) is 10.2 Å². The summed E-state index contributed by atoms with van der Waals surface area (Å²) in [5.74, 6) is -1.31. The van der Waals surface area contributed by atoms with Gasteiger partial charge >= 0.3 is 5.91 Å². The van der Waals surface area contributed by atoms with E-state index in [0.717, 1.165) is 11.1 Å². The molecule has 0 aliphatic carbocycles. The number of Topliss-reactive ketones (excluding diaryl/α,β-unsaturated/α-hetero) is 1. The van der Waals surface area contributed by atoms with Crippen LogP contribution >= 0.6 is 11.3 Å². The summed E-state index contributed by atoms with van der Waals surface area (Å²) >= 11 is 1.23. The van der Waals surface area contributed by atoms with Gasteiger partial charge in [-0.15, -0.1) is 10.2 Å². The number of hydrogen-bond acceptors (Lipinski definition) is 6. The number of amides is 1. The lowest BCUT2D eigenvalue weighted by Crippen LogP contribution is -2.29. The highest BCUT2D eigenvalue weighted by atomic mass is 32.1. The number of hydrogen-bond donors (Lipinski definition) is 1. The van der Waals surface area contributed by atoms with Crippen LogP contribution in [0.2, 0.25) is 0 Å². The Morgan fingerprint density at radius 1 is 1.03 bits per heavy atom. The summed E-state index contributed by atoms with van der Waals surface area (Å²) < 4.78 is 0. The van der Waals surface area contributed by atoms with Crippen molar-refractivity contribution < 1.29 is 14.7 Å². The van der Waals surface area contributed by atoms with Gasteiger partial charge in [0, 0.05) is 5.56 Å². The Labute approximate surface area is 178 Å². The van der Waals surface area contributed by atoms with Crippen LogP contribution < -0.4 is 4.90 Å². The van der Waals surface area contributed by atoms with Gasteiger partial charge in [0.25, 0.3) is 5.78 Å². The van der Waals surface area contributed by atoms with Crippen molar-refractivity contribution in [3.63, 3.8) is 0 Å². The molecule has 1 aliphatic heterocycles. The van der Waals surface area contributed by atoms with Crippen LogP contribution in [0.15, 0.2) is 60.2 Å². The molecule has 1 atom stereocenters. The summed E-state index contributed by atoms with van der Waals surface area (Å²) in [5, 5.41) is 20.1. The maximum Gasteiger partial charge on any atom is 0.301 e. The van der Waals surface area contributed by atoms with Crippen LogP contribution in [0.4, 0.5) is 5.13 Å². The molecular weight excluding hydrogens is 398 g/mol. The number of rotatable bonds is 4. The molecule has 1 N–H and O–H groups in total. The summed E-state index contributed by atoms with van der Waals surface area (Å²) in [6, 6.07) is 15.7. The molecule has 2 heterocycles. The second-order valence-corrected chi connectivity index (χ2v) is 8.62. The summed E-state index contributed by atoms with van der Waals surface area (Å²) in [7, 11) is 0. The first-order chi connectivity index (χ1) is 14.4. The molecule has 0 spiro atoms. The standard InChI is InChI=1S/C23H21N3O3S/c1-13(2)15-9-11-16(12-10-15)19-18(20(27)17-7-5-4-6-8-17)21(28)22(29)26(19)23-25-24-14(3)30-23/h4-13,19,27H,1-3H3/b20-18+/t19-/m1/s1. The minimum Gasteiger partial charge on any atom is -0.507 e. The van der Waals surface area contributed by atoms with Crippen LogP contribution in [-0.2, 0) is 9.59 Å². The molecule has 7 heteroatoms. The Balaban J connectivity index is 1.91. The molecule has 1 aliphatic rings. The Morgan fingerprint density at radius 2 is 1.70 bits per heavy atom. The van der Waals surface area contributed by atoms with E-state index in [1.807, 2.05) is 30.3 Å². The smallest absolute Gasteiger partial charge is 0.301 e. The number of aromatic nitrogens is 2. The van der Waals surface area contributed by atoms with Gasteiger partial charge in [-0.2, -0.15) is 0 Å². The minimum atomic E-state index is -0.779. The minimum absolute atomic E-state index is 0.0522. The fraction of sp³-hybridized carbons (Fsp3) is 0.217. The number of aliphatic hydroxyl groups excluding tert-OH is 1. The molecule has 0 bridgehead atoms. The predicted molar refractivity (Wildman–Crippen MR) is 116 cm³/mol. The van der Waals surface area contributed by atoms with E-state index in [-0.39, 0.29) is 11.3 Å². The zero-order valence-electron chi connectivity index (χ0n) is 16.9. The van der Waals surface area contributed by atoms with Gasteiger partial charge in [-0.25, -0.2) is 0 Å². The maximum atomic E-state index is 13.0. The number of aliphatic hydroxyl groups is 1. The van der Waals surface area contributed by atoms with Crippen molar-refractivity contribution >= 4 is 33.9 Å². The maximum absolute atomic E-state index is 13.0. The molecule has 4 rings (SSSR count). The van der Waals surface area contributed by atoms with Crippen LogP contribution in [0, 0.1) is 6.92 Å². The Hall–Kier alpha value is -3.32. The lowest BCUT2D eigenvalue weighted by Gasteiger charge is -2.23. The van der Waals surface area contributed by atoms with Gasteiger partial charge in [-0.05, 0) is 24.0 Å². The summed E-state index contributed by atoms with van der Waals surface area (Å²) in [6.07, 6.45) is 0. The number of aryl methyl sites for hydroxylation is 1. The van der Waals surface area contributed by atoms with Crippen LogP contribution in [-0.4, -0.2) is 27.0 Å². The molecule has 1 aromatic heterocycles. The summed E-state index contributed by atoms with van der Waals surface area (Å²) in [5.41, 5.74) is 2.40. The average molecular weight is 420 g/mol. The fourth-order valence-electron chi connectivity index (χ4n) is 3.54. The van der Waals surface area contributed by atoms with E-state index in [9.17, 15) is 14.7 Å². The number of ketones is 1. The SMILES string of the molecule is Cc1nnc(N2C(=O)C(=O)/C(=C(/O)c3ccccc3)[C@H]2c2ccc(C(C)C)cc2)s1. The van der Waals surface area contributed by atoms with Crippen LogP contribution in [0.3, 0.4) is 0 Å². The van der Waals surface area contributed by atoms with Crippen LogP contribution in [0.25, 0.3) is 5.76 Å². The summed E-state index contributed by atoms with van der Waals surface area (Å²) in [4.78, 5) is 27.3. The number of benzene rings is 2. The van der Waals surface area contributed by atoms with Crippen molar-refractivity contribution in [3.8, 4) is 0 Å². The predicted octanol–water partition coefficient (Wildman–Crippen LogP) is 4.60. The third kappa shape index (κ3) is 3.41. The van der Waals surface area contributed by atoms with Gasteiger partial charge in [0.15, 0.2) is 0 Å². The largest absolute Gasteiger partial charge is 0.507 e. The fourth-order valence-corrected chi connectivity index (χ4v) is 4.26. The number of carbonyl (C=O) groups is 2. The quantitative estimate of drug-likeness (QED) is 0.380. The second kappa shape index (κ2) is 7.84. The van der Waals surface area contributed by atoms with Crippen LogP contribution in [0.5, 0.6) is 0 Å². The van der Waals surface area contributed by atoms with E-state index in [4.69, 9.17) is 0 Å². The molecule has 1 saturated heterocycles. The molecule has 0 radical (unpaired) electrons. The molecular formula is C23H21N3O3S. The molecule has 0 saturated carbocycles. The Bertz CT molecular complexity index is 1130. The molecule has 0 unspecified atom stereocenters. The van der Waals surface area contributed by atoms with Gasteiger partial charge in [-0.1, -0.05) is 79.8 Å². The molecule has 6 nitrogen and oxygen atoms in total. The van der Waals surface area contributed by atoms with E-state index in [1.165, 1.54) is 16.2 Å². The monoisotopic (exact) mass is 419 g/mol. The number of nitrogens with zero attached hydrogens (tertiary/aromatic N) is 3. The molecule has 30 heavy (non-hydrogen) atoms. The van der Waals surface area contributed by atoms with E-state index >= 15 is 0 Å². The third-order valence-electron chi connectivity index (χ3n) is 5.13. The molecule has 2 aromatic carbocycles.